The minimum atomic E-state index is 0.303. The Kier molecular flexibility index (Phi) is 3.25. The standard InChI is InChI=1S/C7H13N5/c1-2-3-4-5-9-7-10-6(8)11-12-7/h5H,2-4H2,1H3,(H3,8,10,11,12)/b9-5+. The topological polar surface area (TPSA) is 80.0 Å². The number of aliphatic imine (C=N–C) groups is 1. The van der Waals surface area contributed by atoms with Crippen LogP contribution in [0.3, 0.4) is 0 Å². The SMILES string of the molecule is CCCC/C=N/c1n[nH]c(N)n1. The Labute approximate surface area is 71.1 Å². The molecule has 0 unspecified atom stereocenters. The fourth-order valence-electron chi connectivity index (χ4n) is 0.764. The number of unbranched alkanes of at least 4 members (excludes halogenated alkanes) is 2. The smallest absolute Gasteiger partial charge is 0.269 e. The number of nitrogens with two attached hydrogens (primary N) is 1. The van der Waals surface area contributed by atoms with Crippen LogP contribution in [0.25, 0.3) is 0 Å². The van der Waals surface area contributed by atoms with Gasteiger partial charge < -0.3 is 5.73 Å². The zero-order valence-corrected chi connectivity index (χ0v) is 7.12. The van der Waals surface area contributed by atoms with Crippen molar-refractivity contribution in [2.45, 2.75) is 26.2 Å². The monoisotopic (exact) mass is 167 g/mol. The van der Waals surface area contributed by atoms with Gasteiger partial charge in [0.05, 0.1) is 0 Å². The lowest BCUT2D eigenvalue weighted by Crippen LogP contribution is -1.84. The maximum absolute atomic E-state index is 5.31. The Balaban J connectivity index is 2.36. The summed E-state index contributed by atoms with van der Waals surface area (Å²) in [5, 5.41) is 6.27. The Bertz CT molecular complexity index is 252. The van der Waals surface area contributed by atoms with Crippen molar-refractivity contribution in [2.24, 2.45) is 4.99 Å². The van der Waals surface area contributed by atoms with Crippen LogP contribution in [0, 0.1) is 0 Å². The van der Waals surface area contributed by atoms with E-state index >= 15 is 0 Å². The van der Waals surface area contributed by atoms with E-state index in [9.17, 15) is 0 Å². The molecule has 0 aliphatic rings. The van der Waals surface area contributed by atoms with Gasteiger partial charge in [-0.1, -0.05) is 13.3 Å². The molecule has 12 heavy (non-hydrogen) atoms. The molecular weight excluding hydrogens is 154 g/mol. The van der Waals surface area contributed by atoms with Crippen LogP contribution >= 0.6 is 0 Å². The summed E-state index contributed by atoms with van der Waals surface area (Å²) in [6.07, 6.45) is 5.09. The second-order valence-electron chi connectivity index (χ2n) is 2.47. The number of nitrogen functional groups attached to an aromatic ring is 1. The third-order valence-electron chi connectivity index (χ3n) is 1.38. The Morgan fingerprint density at radius 1 is 1.67 bits per heavy atom. The highest BCUT2D eigenvalue weighted by Gasteiger charge is 1.93. The number of nitrogens with zero attached hydrogens (tertiary/aromatic N) is 3. The van der Waals surface area contributed by atoms with Gasteiger partial charge in [0.25, 0.3) is 5.95 Å². The molecule has 3 N–H and O–H groups in total. The third kappa shape index (κ3) is 2.69. The zero-order chi connectivity index (χ0) is 8.81. The predicted molar refractivity (Wildman–Crippen MR) is 48.5 cm³/mol. The minimum Gasteiger partial charge on any atom is -0.368 e. The molecule has 5 nitrogen and oxygen atoms in total. The number of anilines is 1. The van der Waals surface area contributed by atoms with Crippen molar-refractivity contribution in [3.05, 3.63) is 0 Å². The van der Waals surface area contributed by atoms with Crippen LogP contribution in [0.4, 0.5) is 11.9 Å². The fraction of sp³-hybridized carbons (Fsp3) is 0.571. The van der Waals surface area contributed by atoms with Crippen LogP contribution in [0.5, 0.6) is 0 Å². The zero-order valence-electron chi connectivity index (χ0n) is 7.12. The largest absolute Gasteiger partial charge is 0.368 e. The Morgan fingerprint density at radius 2 is 2.50 bits per heavy atom. The van der Waals surface area contributed by atoms with E-state index in [4.69, 9.17) is 5.73 Å². The molecule has 0 spiro atoms. The maximum atomic E-state index is 5.31. The molecular formula is C7H13N5. The molecule has 0 fully saturated rings. The van der Waals surface area contributed by atoms with Gasteiger partial charge in [0, 0.05) is 6.21 Å². The van der Waals surface area contributed by atoms with Gasteiger partial charge in [0.15, 0.2) is 0 Å². The van der Waals surface area contributed by atoms with Crippen molar-refractivity contribution in [2.75, 3.05) is 5.73 Å². The maximum Gasteiger partial charge on any atom is 0.269 e. The van der Waals surface area contributed by atoms with Crippen LogP contribution in [-0.4, -0.2) is 21.4 Å². The number of rotatable bonds is 4. The summed E-state index contributed by atoms with van der Waals surface area (Å²) in [6, 6.07) is 0. The average Bonchev–Trinajstić information content (AvgIpc) is 2.45. The number of nitrogens with one attached hydrogen (secondary N) is 1. The number of H-pyrrole nitrogens is 1. The van der Waals surface area contributed by atoms with E-state index in [1.807, 2.05) is 6.21 Å². The number of hydrogen-bond donors (Lipinski definition) is 2. The molecule has 0 saturated carbocycles. The Morgan fingerprint density at radius 3 is 3.08 bits per heavy atom. The summed E-state index contributed by atoms with van der Waals surface area (Å²) in [6.45, 7) is 2.14. The van der Waals surface area contributed by atoms with Gasteiger partial charge >= 0.3 is 0 Å². The van der Waals surface area contributed by atoms with Crippen molar-refractivity contribution in [3.63, 3.8) is 0 Å². The third-order valence-corrected chi connectivity index (χ3v) is 1.38. The van der Waals surface area contributed by atoms with Crippen LogP contribution in [-0.2, 0) is 0 Å². The van der Waals surface area contributed by atoms with Gasteiger partial charge in [-0.2, -0.15) is 4.98 Å². The highest BCUT2D eigenvalue weighted by atomic mass is 15.3. The number of aromatic amines is 1. The van der Waals surface area contributed by atoms with E-state index < -0.39 is 0 Å². The van der Waals surface area contributed by atoms with Crippen molar-refractivity contribution in [3.8, 4) is 0 Å². The molecule has 0 radical (unpaired) electrons. The van der Waals surface area contributed by atoms with Crippen molar-refractivity contribution in [1.29, 1.82) is 0 Å². The van der Waals surface area contributed by atoms with Crippen molar-refractivity contribution in [1.82, 2.24) is 15.2 Å². The first kappa shape index (κ1) is 8.70. The molecule has 0 aromatic carbocycles. The molecule has 1 aromatic rings. The van der Waals surface area contributed by atoms with Gasteiger partial charge in [-0.25, -0.2) is 10.1 Å². The van der Waals surface area contributed by atoms with Crippen LogP contribution < -0.4 is 5.73 Å². The van der Waals surface area contributed by atoms with Gasteiger partial charge in [0.1, 0.15) is 0 Å². The van der Waals surface area contributed by atoms with Crippen LogP contribution in [0.2, 0.25) is 0 Å². The van der Waals surface area contributed by atoms with Gasteiger partial charge in [-0.15, -0.1) is 5.10 Å². The van der Waals surface area contributed by atoms with Crippen LogP contribution in [0.15, 0.2) is 4.99 Å². The van der Waals surface area contributed by atoms with Crippen molar-refractivity contribution < 1.29 is 0 Å². The molecule has 0 aliphatic heterocycles. The second-order valence-corrected chi connectivity index (χ2v) is 2.47. The summed E-state index contributed by atoms with van der Waals surface area (Å²) in [5.41, 5.74) is 5.31. The summed E-state index contributed by atoms with van der Waals surface area (Å²) in [4.78, 5) is 7.83. The lowest BCUT2D eigenvalue weighted by Gasteiger charge is -1.85. The Hall–Kier alpha value is -1.39. The first-order chi connectivity index (χ1) is 5.83. The number of hydrogen-bond acceptors (Lipinski definition) is 4. The summed E-state index contributed by atoms with van der Waals surface area (Å²) < 4.78 is 0. The second kappa shape index (κ2) is 4.48. The lowest BCUT2D eigenvalue weighted by atomic mass is 10.3. The molecule has 1 aromatic heterocycles. The predicted octanol–water partition coefficient (Wildman–Crippen LogP) is 1.28. The number of aromatic nitrogens is 3. The van der Waals surface area contributed by atoms with Gasteiger partial charge in [-0.3, -0.25) is 0 Å². The van der Waals surface area contributed by atoms with E-state index in [1.54, 1.807) is 0 Å². The molecule has 0 aliphatic carbocycles. The van der Waals surface area contributed by atoms with E-state index in [-0.39, 0.29) is 0 Å². The molecule has 0 saturated heterocycles. The molecule has 0 bridgehead atoms. The van der Waals surface area contributed by atoms with E-state index in [0.717, 1.165) is 12.8 Å². The normalized spacial score (nSPS) is 11.1. The van der Waals surface area contributed by atoms with Crippen LogP contribution in [0.1, 0.15) is 26.2 Å². The first-order valence-corrected chi connectivity index (χ1v) is 4.03. The van der Waals surface area contributed by atoms with Gasteiger partial charge in [0.2, 0.25) is 5.95 Å². The van der Waals surface area contributed by atoms with E-state index in [0.29, 0.717) is 11.9 Å². The van der Waals surface area contributed by atoms with Crippen molar-refractivity contribution >= 4 is 18.1 Å². The summed E-state index contributed by atoms with van der Waals surface area (Å²) >= 11 is 0. The molecule has 5 heteroatoms. The lowest BCUT2D eigenvalue weighted by molar-refractivity contribution is 0.842. The summed E-state index contributed by atoms with van der Waals surface area (Å²) in [5.74, 6) is 0.709. The molecule has 0 atom stereocenters. The highest BCUT2D eigenvalue weighted by Crippen LogP contribution is 2.02. The fourth-order valence-corrected chi connectivity index (χ4v) is 0.764. The molecule has 0 amide bonds. The molecule has 1 heterocycles. The summed E-state index contributed by atoms with van der Waals surface area (Å²) in [7, 11) is 0. The highest BCUT2D eigenvalue weighted by molar-refractivity contribution is 5.60. The average molecular weight is 167 g/mol. The van der Waals surface area contributed by atoms with E-state index in [2.05, 4.69) is 27.1 Å². The molecule has 66 valence electrons. The minimum absolute atomic E-state index is 0.303. The quantitative estimate of drug-likeness (QED) is 0.523. The molecule has 1 rings (SSSR count). The van der Waals surface area contributed by atoms with E-state index in [1.165, 1.54) is 6.42 Å². The first-order valence-electron chi connectivity index (χ1n) is 4.03. The van der Waals surface area contributed by atoms with Gasteiger partial charge in [-0.05, 0) is 12.8 Å².